The highest BCUT2D eigenvalue weighted by atomic mass is 79.9. The van der Waals surface area contributed by atoms with Gasteiger partial charge in [-0.1, -0.05) is 42.8 Å². The molecule has 0 N–H and O–H groups in total. The lowest BCUT2D eigenvalue weighted by molar-refractivity contribution is 0.566. The monoisotopic (exact) mass is 330 g/mol. The van der Waals surface area contributed by atoms with Crippen LogP contribution in [0.1, 0.15) is 26.3 Å². The molecule has 1 aromatic heterocycles. The molecular weight excluding hydrogens is 316 g/mol. The van der Waals surface area contributed by atoms with Crippen LogP contribution >= 0.6 is 15.9 Å². The van der Waals surface area contributed by atoms with Crippen LogP contribution in [0.15, 0.2) is 50.1 Å². The van der Waals surface area contributed by atoms with Gasteiger partial charge in [0.2, 0.25) is 0 Å². The van der Waals surface area contributed by atoms with Crippen molar-refractivity contribution in [3.63, 3.8) is 0 Å². The standard InChI is InChI=1S/C17H15BrO2/c1-17(2,3)10-4-7-15-14(8-10)13-9-11(18)5-6-12(13)16(19)20-15/h4-9H,1-3H3. The molecule has 0 atom stereocenters. The van der Waals surface area contributed by atoms with Crippen molar-refractivity contribution in [3.05, 3.63) is 56.9 Å². The number of halogens is 1. The third kappa shape index (κ3) is 2.16. The first-order valence-corrected chi connectivity index (χ1v) is 7.32. The molecule has 0 radical (unpaired) electrons. The molecule has 0 aliphatic rings. The first kappa shape index (κ1) is 13.4. The first-order valence-electron chi connectivity index (χ1n) is 6.53. The van der Waals surface area contributed by atoms with Gasteiger partial charge in [-0.3, -0.25) is 0 Å². The zero-order valence-electron chi connectivity index (χ0n) is 11.7. The molecule has 0 saturated heterocycles. The van der Waals surface area contributed by atoms with Crippen LogP contribution < -0.4 is 5.63 Å². The van der Waals surface area contributed by atoms with E-state index in [1.165, 1.54) is 5.56 Å². The zero-order valence-corrected chi connectivity index (χ0v) is 13.2. The highest BCUT2D eigenvalue weighted by molar-refractivity contribution is 9.10. The minimum Gasteiger partial charge on any atom is -0.422 e. The molecule has 0 unspecified atom stereocenters. The maximum absolute atomic E-state index is 12.0. The lowest BCUT2D eigenvalue weighted by Gasteiger charge is -2.19. The van der Waals surface area contributed by atoms with E-state index in [1.54, 1.807) is 6.07 Å². The van der Waals surface area contributed by atoms with Crippen LogP contribution in [0.4, 0.5) is 0 Å². The molecule has 0 fully saturated rings. The molecular formula is C17H15BrO2. The number of fused-ring (bicyclic) bond motifs is 3. The molecule has 3 rings (SSSR count). The average Bonchev–Trinajstić information content (AvgIpc) is 2.37. The molecule has 1 heterocycles. The van der Waals surface area contributed by atoms with E-state index in [0.717, 1.165) is 15.2 Å². The third-order valence-corrected chi connectivity index (χ3v) is 4.03. The predicted molar refractivity (Wildman–Crippen MR) is 86.4 cm³/mol. The Kier molecular flexibility index (Phi) is 2.98. The minimum atomic E-state index is -0.288. The van der Waals surface area contributed by atoms with Crippen LogP contribution in [0.2, 0.25) is 0 Å². The fraction of sp³-hybridized carbons (Fsp3) is 0.235. The van der Waals surface area contributed by atoms with Crippen LogP contribution in [-0.2, 0) is 5.41 Å². The molecule has 0 bridgehead atoms. The molecule has 3 aromatic rings. The molecule has 2 nitrogen and oxygen atoms in total. The van der Waals surface area contributed by atoms with Crippen LogP contribution in [0.5, 0.6) is 0 Å². The number of hydrogen-bond acceptors (Lipinski definition) is 2. The second kappa shape index (κ2) is 4.45. The van der Waals surface area contributed by atoms with E-state index in [9.17, 15) is 4.79 Å². The van der Waals surface area contributed by atoms with Crippen molar-refractivity contribution in [2.24, 2.45) is 0 Å². The van der Waals surface area contributed by atoms with Crippen molar-refractivity contribution in [1.82, 2.24) is 0 Å². The molecule has 20 heavy (non-hydrogen) atoms. The summed E-state index contributed by atoms with van der Waals surface area (Å²) in [5.74, 6) is 0. The zero-order chi connectivity index (χ0) is 14.5. The number of hydrogen-bond donors (Lipinski definition) is 0. The first-order chi connectivity index (χ1) is 9.36. The topological polar surface area (TPSA) is 30.2 Å². The summed E-state index contributed by atoms with van der Waals surface area (Å²) in [6.07, 6.45) is 0. The normalized spacial score (nSPS) is 12.2. The maximum atomic E-state index is 12.0. The summed E-state index contributed by atoms with van der Waals surface area (Å²) in [4.78, 5) is 12.0. The lowest BCUT2D eigenvalue weighted by atomic mass is 9.86. The van der Waals surface area contributed by atoms with E-state index >= 15 is 0 Å². The summed E-state index contributed by atoms with van der Waals surface area (Å²) >= 11 is 3.47. The van der Waals surface area contributed by atoms with Crippen LogP contribution in [0.3, 0.4) is 0 Å². The largest absolute Gasteiger partial charge is 0.422 e. The van der Waals surface area contributed by atoms with Crippen molar-refractivity contribution in [3.8, 4) is 0 Å². The molecule has 2 aromatic carbocycles. The summed E-state index contributed by atoms with van der Waals surface area (Å²) in [6, 6.07) is 11.7. The van der Waals surface area contributed by atoms with E-state index < -0.39 is 0 Å². The second-order valence-corrected chi connectivity index (χ2v) is 6.96. The molecule has 102 valence electrons. The Hall–Kier alpha value is -1.61. The molecule has 0 saturated carbocycles. The fourth-order valence-corrected chi connectivity index (χ4v) is 2.73. The highest BCUT2D eigenvalue weighted by Gasteiger charge is 2.16. The molecule has 0 spiro atoms. The third-order valence-electron chi connectivity index (χ3n) is 3.54. The minimum absolute atomic E-state index is 0.0582. The van der Waals surface area contributed by atoms with E-state index in [1.807, 2.05) is 24.3 Å². The van der Waals surface area contributed by atoms with Crippen LogP contribution in [0, 0.1) is 0 Å². The summed E-state index contributed by atoms with van der Waals surface area (Å²) in [6.45, 7) is 6.52. The Morgan fingerprint density at radius 3 is 2.40 bits per heavy atom. The second-order valence-electron chi connectivity index (χ2n) is 6.04. The summed E-state index contributed by atoms with van der Waals surface area (Å²) in [5.41, 5.74) is 1.63. The predicted octanol–water partition coefficient (Wildman–Crippen LogP) is 5.01. The van der Waals surface area contributed by atoms with Gasteiger partial charge in [0.1, 0.15) is 5.58 Å². The quantitative estimate of drug-likeness (QED) is 0.428. The Balaban J connectivity index is 2.49. The van der Waals surface area contributed by atoms with Gasteiger partial charge in [-0.15, -0.1) is 0 Å². The SMILES string of the molecule is CC(C)(C)c1ccc2oc(=O)c3ccc(Br)cc3c2c1. The van der Waals surface area contributed by atoms with Crippen LogP contribution in [-0.4, -0.2) is 0 Å². The van der Waals surface area contributed by atoms with Gasteiger partial charge in [-0.05, 0) is 41.3 Å². The van der Waals surface area contributed by atoms with Crippen molar-refractivity contribution in [2.75, 3.05) is 0 Å². The Morgan fingerprint density at radius 1 is 0.950 bits per heavy atom. The van der Waals surface area contributed by atoms with Gasteiger partial charge in [-0.2, -0.15) is 0 Å². The van der Waals surface area contributed by atoms with E-state index in [-0.39, 0.29) is 11.0 Å². The van der Waals surface area contributed by atoms with E-state index in [4.69, 9.17) is 4.42 Å². The van der Waals surface area contributed by atoms with Gasteiger partial charge in [0.05, 0.1) is 5.39 Å². The Morgan fingerprint density at radius 2 is 1.70 bits per heavy atom. The van der Waals surface area contributed by atoms with Crippen molar-refractivity contribution < 1.29 is 4.42 Å². The molecule has 0 amide bonds. The lowest BCUT2D eigenvalue weighted by Crippen LogP contribution is -2.11. The summed E-state index contributed by atoms with van der Waals surface area (Å²) < 4.78 is 6.37. The van der Waals surface area contributed by atoms with Gasteiger partial charge in [0.25, 0.3) is 0 Å². The van der Waals surface area contributed by atoms with Crippen molar-refractivity contribution in [2.45, 2.75) is 26.2 Å². The van der Waals surface area contributed by atoms with Gasteiger partial charge < -0.3 is 4.42 Å². The maximum Gasteiger partial charge on any atom is 0.344 e. The number of benzene rings is 2. The Bertz CT molecular complexity index is 870. The highest BCUT2D eigenvalue weighted by Crippen LogP contribution is 2.30. The Labute approximate surface area is 125 Å². The average molecular weight is 331 g/mol. The molecule has 0 aliphatic heterocycles. The van der Waals surface area contributed by atoms with Gasteiger partial charge >= 0.3 is 5.63 Å². The van der Waals surface area contributed by atoms with E-state index in [0.29, 0.717) is 11.0 Å². The summed E-state index contributed by atoms with van der Waals surface area (Å²) in [5, 5.41) is 2.52. The fourth-order valence-electron chi connectivity index (χ4n) is 2.37. The van der Waals surface area contributed by atoms with E-state index in [2.05, 4.69) is 42.8 Å². The molecule has 0 aliphatic carbocycles. The molecule has 3 heteroatoms. The van der Waals surface area contributed by atoms with Gasteiger partial charge in [0.15, 0.2) is 0 Å². The number of rotatable bonds is 0. The van der Waals surface area contributed by atoms with Crippen LogP contribution in [0.25, 0.3) is 21.7 Å². The van der Waals surface area contributed by atoms with Gasteiger partial charge in [-0.25, -0.2) is 4.79 Å². The van der Waals surface area contributed by atoms with Crippen molar-refractivity contribution >= 4 is 37.7 Å². The van der Waals surface area contributed by atoms with Gasteiger partial charge in [0, 0.05) is 15.2 Å². The summed E-state index contributed by atoms with van der Waals surface area (Å²) in [7, 11) is 0. The smallest absolute Gasteiger partial charge is 0.344 e. The van der Waals surface area contributed by atoms with Crippen molar-refractivity contribution in [1.29, 1.82) is 0 Å².